The predicted molar refractivity (Wildman–Crippen MR) is 139 cm³/mol. The lowest BCUT2D eigenvalue weighted by atomic mass is 9.93. The molecule has 0 fully saturated rings. The molecule has 34 heavy (non-hydrogen) atoms. The van der Waals surface area contributed by atoms with Crippen LogP contribution >= 0.6 is 0 Å². The molecule has 0 N–H and O–H groups in total. The van der Waals surface area contributed by atoms with E-state index >= 15 is 0 Å². The van der Waals surface area contributed by atoms with Crippen molar-refractivity contribution in [3.05, 3.63) is 96.6 Å². The minimum absolute atomic E-state index is 0.140. The van der Waals surface area contributed by atoms with Crippen molar-refractivity contribution in [1.82, 2.24) is 0 Å². The smallest absolute Gasteiger partial charge is 0.262 e. The maximum atomic E-state index is 10.4. The van der Waals surface area contributed by atoms with Gasteiger partial charge in [0.15, 0.2) is 0 Å². The second kappa shape index (κ2) is 11.6. The lowest BCUT2D eigenvalue weighted by molar-refractivity contribution is -0.102. The predicted octanol–water partition coefficient (Wildman–Crippen LogP) is 5.45. The summed E-state index contributed by atoms with van der Waals surface area (Å²) < 4.78 is 18.4. The number of methoxy groups -OCH3 is 1. The molecule has 0 aliphatic carbocycles. The van der Waals surface area contributed by atoms with E-state index in [1.54, 1.807) is 7.11 Å². The summed E-state index contributed by atoms with van der Waals surface area (Å²) in [5.41, 5.74) is 0.998. The molecule has 0 amide bonds. The van der Waals surface area contributed by atoms with Crippen molar-refractivity contribution < 1.29 is 13.9 Å². The van der Waals surface area contributed by atoms with Crippen LogP contribution in [0.2, 0.25) is 5.04 Å². The molecular weight excluding hydrogens is 438 g/mol. The number of ether oxygens (including phenoxy) is 2. The van der Waals surface area contributed by atoms with E-state index in [2.05, 4.69) is 75.4 Å². The number of hydrogen-bond donors (Lipinski definition) is 0. The van der Waals surface area contributed by atoms with E-state index in [1.165, 1.54) is 0 Å². The van der Waals surface area contributed by atoms with E-state index in [0.29, 0.717) is 0 Å². The average Bonchev–Trinajstić information content (AvgIpc) is 2.86. The molecule has 3 atom stereocenters. The van der Waals surface area contributed by atoms with Crippen molar-refractivity contribution in [2.75, 3.05) is 13.9 Å². The van der Waals surface area contributed by atoms with E-state index in [1.807, 2.05) is 49.4 Å². The highest BCUT2D eigenvalue weighted by molar-refractivity contribution is 6.99. The molecule has 0 radical (unpaired) electrons. The molecule has 0 heterocycles. The summed E-state index contributed by atoms with van der Waals surface area (Å²) in [6.45, 7) is 8.82. The first-order valence-corrected chi connectivity index (χ1v) is 13.6. The molecular formula is C29H35NO3Si. The second-order valence-electron chi connectivity index (χ2n) is 9.59. The quantitative estimate of drug-likeness (QED) is 0.290. The highest BCUT2D eigenvalue weighted by atomic mass is 28.4. The maximum Gasteiger partial charge on any atom is 0.262 e. The third-order valence-corrected chi connectivity index (χ3v) is 11.3. The first-order chi connectivity index (χ1) is 16.3. The number of rotatable bonds is 10. The fraction of sp³-hybridized carbons (Fsp3) is 0.345. The molecule has 0 saturated carbocycles. The Morgan fingerprint density at radius 2 is 1.29 bits per heavy atom. The summed E-state index contributed by atoms with van der Waals surface area (Å²) >= 11 is 0. The molecule has 5 heteroatoms. The number of benzene rings is 3. The average molecular weight is 474 g/mol. The minimum Gasteiger partial charge on any atom is -0.391 e. The van der Waals surface area contributed by atoms with Gasteiger partial charge in [-0.05, 0) is 21.0 Å². The van der Waals surface area contributed by atoms with Crippen LogP contribution in [-0.4, -0.2) is 28.3 Å². The molecule has 3 aromatic carbocycles. The normalized spacial score (nSPS) is 14.7. The van der Waals surface area contributed by atoms with Crippen molar-refractivity contribution in [3.8, 4) is 6.07 Å². The van der Waals surface area contributed by atoms with Crippen LogP contribution in [-0.2, 0) is 13.9 Å². The van der Waals surface area contributed by atoms with Crippen molar-refractivity contribution in [3.63, 3.8) is 0 Å². The Balaban J connectivity index is 2.11. The fourth-order valence-corrected chi connectivity index (χ4v) is 9.29. The Labute approximate surface area is 205 Å². The molecule has 0 aliphatic rings. The molecule has 0 saturated heterocycles. The third kappa shape index (κ3) is 5.48. The summed E-state index contributed by atoms with van der Waals surface area (Å²) in [4.78, 5) is 0. The Morgan fingerprint density at radius 1 is 0.824 bits per heavy atom. The largest absolute Gasteiger partial charge is 0.391 e. The van der Waals surface area contributed by atoms with Crippen LogP contribution in [0.15, 0.2) is 91.0 Å². The molecule has 0 aliphatic heterocycles. The second-order valence-corrected chi connectivity index (χ2v) is 13.8. The Kier molecular flexibility index (Phi) is 8.82. The summed E-state index contributed by atoms with van der Waals surface area (Å²) in [5.74, 6) is -0.232. The zero-order chi connectivity index (χ0) is 24.6. The molecule has 0 unspecified atom stereocenters. The zero-order valence-corrected chi connectivity index (χ0v) is 21.8. The van der Waals surface area contributed by atoms with Gasteiger partial charge in [-0.3, -0.25) is 0 Å². The van der Waals surface area contributed by atoms with Crippen molar-refractivity contribution >= 4 is 18.7 Å². The topological polar surface area (TPSA) is 51.5 Å². The van der Waals surface area contributed by atoms with Crippen LogP contribution in [0.3, 0.4) is 0 Å². The summed E-state index contributed by atoms with van der Waals surface area (Å²) in [7, 11) is -1.28. The Hall–Kier alpha value is -2.75. The van der Waals surface area contributed by atoms with Crippen LogP contribution in [0.1, 0.15) is 39.4 Å². The summed E-state index contributed by atoms with van der Waals surface area (Å²) in [5, 5.41) is 12.5. The number of nitriles is 1. The van der Waals surface area contributed by atoms with Crippen LogP contribution in [0.25, 0.3) is 0 Å². The molecule has 3 rings (SSSR count). The lowest BCUT2D eigenvalue weighted by Crippen LogP contribution is -2.68. The molecule has 0 spiro atoms. The van der Waals surface area contributed by atoms with Crippen molar-refractivity contribution in [1.29, 1.82) is 5.26 Å². The fourth-order valence-electron chi connectivity index (χ4n) is 4.63. The SMILES string of the molecule is COCO[C@@H](c1ccccc1)[C@@H](C)[C@@H](C#N)O[Si](c1ccccc1)(c1ccccc1)C(C)(C)C. The third-order valence-electron chi connectivity index (χ3n) is 6.30. The molecule has 0 bridgehead atoms. The Morgan fingerprint density at radius 3 is 1.71 bits per heavy atom. The van der Waals surface area contributed by atoms with Gasteiger partial charge in [-0.25, -0.2) is 0 Å². The lowest BCUT2D eigenvalue weighted by Gasteiger charge is -2.45. The van der Waals surface area contributed by atoms with Crippen molar-refractivity contribution in [2.45, 2.75) is 44.9 Å². The number of nitrogens with zero attached hydrogens (tertiary/aromatic N) is 1. The van der Waals surface area contributed by atoms with Crippen molar-refractivity contribution in [2.24, 2.45) is 5.92 Å². The van der Waals surface area contributed by atoms with Gasteiger partial charge in [-0.15, -0.1) is 0 Å². The zero-order valence-electron chi connectivity index (χ0n) is 20.8. The standard InChI is InChI=1S/C29H35NO3Si/c1-23(28(32-22-31-5)24-15-9-6-10-16-24)27(21-30)33-34(29(2,3)4,25-17-11-7-12-18-25)26-19-13-8-14-20-26/h6-20,23,27-28H,22H2,1-5H3/t23-,27+,28+/m0/s1. The maximum absolute atomic E-state index is 10.4. The van der Waals surface area contributed by atoms with Gasteiger partial charge in [0.1, 0.15) is 12.9 Å². The summed E-state index contributed by atoms with van der Waals surface area (Å²) in [6.07, 6.45) is -1.03. The number of hydrogen-bond acceptors (Lipinski definition) is 4. The monoisotopic (exact) mass is 473 g/mol. The molecule has 178 valence electrons. The van der Waals surface area contributed by atoms with Gasteiger partial charge >= 0.3 is 0 Å². The van der Waals surface area contributed by atoms with E-state index in [0.717, 1.165) is 15.9 Å². The Bertz CT molecular complexity index is 1010. The molecule has 4 nitrogen and oxygen atoms in total. The molecule has 3 aromatic rings. The first-order valence-electron chi connectivity index (χ1n) is 11.7. The van der Waals surface area contributed by atoms with Crippen LogP contribution in [0, 0.1) is 17.2 Å². The van der Waals surface area contributed by atoms with Gasteiger partial charge in [0.05, 0.1) is 12.2 Å². The van der Waals surface area contributed by atoms with Gasteiger partial charge in [-0.1, -0.05) is 119 Å². The van der Waals surface area contributed by atoms with Gasteiger partial charge < -0.3 is 13.9 Å². The first kappa shape index (κ1) is 25.9. The summed E-state index contributed by atoms with van der Waals surface area (Å²) in [6, 6.07) is 33.3. The van der Waals surface area contributed by atoms with Gasteiger partial charge in [0.2, 0.25) is 0 Å². The van der Waals surface area contributed by atoms with E-state index < -0.39 is 14.4 Å². The van der Waals surface area contributed by atoms with Crippen LogP contribution in [0.4, 0.5) is 0 Å². The van der Waals surface area contributed by atoms with Crippen LogP contribution in [0.5, 0.6) is 0 Å². The highest BCUT2D eigenvalue weighted by Gasteiger charge is 2.52. The van der Waals surface area contributed by atoms with E-state index in [-0.39, 0.29) is 23.9 Å². The van der Waals surface area contributed by atoms with Gasteiger partial charge in [0.25, 0.3) is 8.32 Å². The van der Waals surface area contributed by atoms with Gasteiger partial charge in [-0.2, -0.15) is 5.26 Å². The molecule has 0 aromatic heterocycles. The van der Waals surface area contributed by atoms with Gasteiger partial charge in [0, 0.05) is 13.0 Å². The minimum atomic E-state index is -2.88. The van der Waals surface area contributed by atoms with E-state index in [9.17, 15) is 5.26 Å². The van der Waals surface area contributed by atoms with E-state index in [4.69, 9.17) is 13.9 Å². The van der Waals surface area contributed by atoms with Crippen LogP contribution < -0.4 is 10.4 Å². The highest BCUT2D eigenvalue weighted by Crippen LogP contribution is 2.40.